The van der Waals surface area contributed by atoms with E-state index in [2.05, 4.69) is 20.0 Å². The maximum atomic E-state index is 11.7. The van der Waals surface area contributed by atoms with Crippen molar-refractivity contribution in [1.29, 1.82) is 0 Å². The molecule has 0 amide bonds. The Morgan fingerprint density at radius 2 is 2.19 bits per heavy atom. The number of rotatable bonds is 1. The van der Waals surface area contributed by atoms with E-state index >= 15 is 0 Å². The van der Waals surface area contributed by atoms with Gasteiger partial charge in [0.15, 0.2) is 0 Å². The van der Waals surface area contributed by atoms with E-state index < -0.39 is 0 Å². The van der Waals surface area contributed by atoms with Crippen LogP contribution in [-0.4, -0.2) is 17.6 Å². The zero-order valence-electron chi connectivity index (χ0n) is 10.5. The second-order valence-electron chi connectivity index (χ2n) is 5.42. The summed E-state index contributed by atoms with van der Waals surface area (Å²) in [6, 6.07) is 0. The number of hydrogen-bond donors (Lipinski definition) is 0. The smallest absolute Gasteiger partial charge is 0.354 e. The van der Waals surface area contributed by atoms with Crippen LogP contribution >= 0.6 is 0 Å². The van der Waals surface area contributed by atoms with Gasteiger partial charge in [0.25, 0.3) is 0 Å². The van der Waals surface area contributed by atoms with Crippen LogP contribution in [0, 0.1) is 5.41 Å². The van der Waals surface area contributed by atoms with Crippen LogP contribution < -0.4 is 0 Å². The number of carbonyl (C=O) groups excluding carboxylic acids is 1. The number of fused-ring (bicyclic) bond motifs is 1. The van der Waals surface area contributed by atoms with Crippen LogP contribution in [0.25, 0.3) is 0 Å². The minimum absolute atomic E-state index is 0.219. The Bertz CT molecular complexity index is 429. The summed E-state index contributed by atoms with van der Waals surface area (Å²) in [7, 11) is 3.35. The third-order valence-electron chi connectivity index (χ3n) is 3.48. The van der Waals surface area contributed by atoms with E-state index in [-0.39, 0.29) is 5.97 Å². The average molecular weight is 221 g/mol. The first-order valence-electron chi connectivity index (χ1n) is 5.70. The zero-order chi connectivity index (χ0) is 11.9. The Balaban J connectivity index is 2.44. The average Bonchev–Trinajstić information content (AvgIpc) is 2.50. The summed E-state index contributed by atoms with van der Waals surface area (Å²) in [4.78, 5) is 11.7. The fourth-order valence-electron chi connectivity index (χ4n) is 2.60. The summed E-state index contributed by atoms with van der Waals surface area (Å²) in [6.07, 6.45) is 5.23. The Labute approximate surface area is 96.4 Å². The second kappa shape index (κ2) is 3.65. The number of carbonyl (C=O) groups is 1. The van der Waals surface area contributed by atoms with Crippen molar-refractivity contribution in [1.82, 2.24) is 4.57 Å². The predicted octanol–water partition coefficient (Wildman–Crippen LogP) is 2.33. The van der Waals surface area contributed by atoms with Crippen LogP contribution in [-0.2, 0) is 24.6 Å². The molecule has 0 aromatic carbocycles. The van der Waals surface area contributed by atoms with Crippen LogP contribution in [0.2, 0.25) is 0 Å². The molecule has 0 unspecified atom stereocenters. The Kier molecular flexibility index (Phi) is 2.56. The lowest BCUT2D eigenvalue weighted by atomic mass is 9.75. The summed E-state index contributed by atoms with van der Waals surface area (Å²) >= 11 is 0. The third-order valence-corrected chi connectivity index (χ3v) is 3.48. The lowest BCUT2D eigenvalue weighted by molar-refractivity contribution is 0.0588. The summed E-state index contributed by atoms with van der Waals surface area (Å²) in [5, 5.41) is 0. The van der Waals surface area contributed by atoms with Crippen molar-refractivity contribution < 1.29 is 9.53 Å². The van der Waals surface area contributed by atoms with Gasteiger partial charge in [-0.2, -0.15) is 0 Å². The Morgan fingerprint density at radius 1 is 1.50 bits per heavy atom. The fraction of sp³-hybridized carbons (Fsp3) is 0.615. The SMILES string of the molecule is COC(=O)c1c2c(cn1C)CC(C)(C)CC2. The number of hydrogen-bond acceptors (Lipinski definition) is 2. The number of aromatic nitrogens is 1. The fourth-order valence-corrected chi connectivity index (χ4v) is 2.60. The van der Waals surface area contributed by atoms with Gasteiger partial charge in [-0.15, -0.1) is 0 Å². The Hall–Kier alpha value is -1.25. The van der Waals surface area contributed by atoms with Crippen molar-refractivity contribution >= 4 is 5.97 Å². The van der Waals surface area contributed by atoms with Crippen molar-refractivity contribution in [2.45, 2.75) is 33.1 Å². The second-order valence-corrected chi connectivity index (χ2v) is 5.42. The van der Waals surface area contributed by atoms with Gasteiger partial charge in [0.1, 0.15) is 5.69 Å². The third kappa shape index (κ3) is 1.75. The van der Waals surface area contributed by atoms with Gasteiger partial charge in [0.05, 0.1) is 7.11 Å². The van der Waals surface area contributed by atoms with E-state index in [4.69, 9.17) is 4.74 Å². The van der Waals surface area contributed by atoms with Gasteiger partial charge < -0.3 is 9.30 Å². The van der Waals surface area contributed by atoms with Crippen LogP contribution in [0.3, 0.4) is 0 Å². The Morgan fingerprint density at radius 3 is 2.81 bits per heavy atom. The highest BCUT2D eigenvalue weighted by Crippen LogP contribution is 2.36. The zero-order valence-corrected chi connectivity index (χ0v) is 10.5. The molecule has 0 radical (unpaired) electrons. The quantitative estimate of drug-likeness (QED) is 0.681. The van der Waals surface area contributed by atoms with Crippen molar-refractivity contribution in [3.05, 3.63) is 23.0 Å². The highest BCUT2D eigenvalue weighted by molar-refractivity contribution is 5.90. The largest absolute Gasteiger partial charge is 0.464 e. The molecular weight excluding hydrogens is 202 g/mol. The first-order chi connectivity index (χ1) is 7.44. The molecule has 0 bridgehead atoms. The first kappa shape index (κ1) is 11.2. The van der Waals surface area contributed by atoms with Gasteiger partial charge in [-0.25, -0.2) is 4.79 Å². The molecule has 0 saturated carbocycles. The molecule has 3 nitrogen and oxygen atoms in total. The number of ether oxygens (including phenoxy) is 1. The maximum Gasteiger partial charge on any atom is 0.354 e. The molecule has 0 aliphatic heterocycles. The van der Waals surface area contributed by atoms with Gasteiger partial charge in [0.2, 0.25) is 0 Å². The molecule has 0 fully saturated rings. The van der Waals surface area contributed by atoms with E-state index in [1.54, 1.807) is 0 Å². The lowest BCUT2D eigenvalue weighted by Crippen LogP contribution is -2.22. The van der Waals surface area contributed by atoms with Crippen LogP contribution in [0.15, 0.2) is 6.20 Å². The van der Waals surface area contributed by atoms with E-state index in [1.807, 2.05) is 11.6 Å². The van der Waals surface area contributed by atoms with Gasteiger partial charge in [-0.1, -0.05) is 13.8 Å². The minimum Gasteiger partial charge on any atom is -0.464 e. The van der Waals surface area contributed by atoms with Crippen molar-refractivity contribution in [2.75, 3.05) is 7.11 Å². The van der Waals surface area contributed by atoms with Gasteiger partial charge in [-0.05, 0) is 35.8 Å². The number of aryl methyl sites for hydroxylation is 1. The maximum absolute atomic E-state index is 11.7. The molecule has 0 saturated heterocycles. The molecule has 1 aliphatic carbocycles. The topological polar surface area (TPSA) is 31.2 Å². The summed E-state index contributed by atoms with van der Waals surface area (Å²) in [5.74, 6) is -0.219. The van der Waals surface area contributed by atoms with E-state index in [0.29, 0.717) is 5.41 Å². The molecule has 1 aromatic rings. The summed E-state index contributed by atoms with van der Waals surface area (Å²) in [5.41, 5.74) is 3.57. The minimum atomic E-state index is -0.219. The van der Waals surface area contributed by atoms with Crippen LogP contribution in [0.4, 0.5) is 0 Å². The van der Waals surface area contributed by atoms with Gasteiger partial charge in [0, 0.05) is 13.2 Å². The molecule has 1 aliphatic rings. The van der Waals surface area contributed by atoms with Crippen molar-refractivity contribution in [3.8, 4) is 0 Å². The lowest BCUT2D eigenvalue weighted by Gasteiger charge is -2.29. The normalized spacial score (nSPS) is 18.0. The standard InChI is InChI=1S/C13H19NO2/c1-13(2)6-5-10-9(7-13)8-14(3)11(10)12(15)16-4/h8H,5-7H2,1-4H3. The van der Waals surface area contributed by atoms with Crippen LogP contribution in [0.5, 0.6) is 0 Å². The predicted molar refractivity (Wildman–Crippen MR) is 62.6 cm³/mol. The summed E-state index contributed by atoms with van der Waals surface area (Å²) in [6.45, 7) is 4.56. The first-order valence-corrected chi connectivity index (χ1v) is 5.70. The van der Waals surface area contributed by atoms with E-state index in [1.165, 1.54) is 18.2 Å². The molecule has 3 heteroatoms. The molecule has 1 aromatic heterocycles. The highest BCUT2D eigenvalue weighted by Gasteiger charge is 2.30. The number of nitrogens with zero attached hydrogens (tertiary/aromatic N) is 1. The molecule has 0 spiro atoms. The molecule has 16 heavy (non-hydrogen) atoms. The van der Waals surface area contributed by atoms with Gasteiger partial charge in [-0.3, -0.25) is 0 Å². The monoisotopic (exact) mass is 221 g/mol. The highest BCUT2D eigenvalue weighted by atomic mass is 16.5. The molecule has 0 N–H and O–H groups in total. The van der Waals surface area contributed by atoms with Gasteiger partial charge >= 0.3 is 5.97 Å². The van der Waals surface area contributed by atoms with Crippen molar-refractivity contribution in [3.63, 3.8) is 0 Å². The van der Waals surface area contributed by atoms with Crippen molar-refractivity contribution in [2.24, 2.45) is 12.5 Å². The summed E-state index contributed by atoms with van der Waals surface area (Å²) < 4.78 is 6.73. The molecule has 1 heterocycles. The van der Waals surface area contributed by atoms with Crippen LogP contribution in [0.1, 0.15) is 41.9 Å². The van der Waals surface area contributed by atoms with E-state index in [0.717, 1.165) is 25.0 Å². The molecule has 88 valence electrons. The van der Waals surface area contributed by atoms with E-state index in [9.17, 15) is 4.79 Å². The molecule has 0 atom stereocenters. The molecular formula is C13H19NO2. The molecule has 2 rings (SSSR count). The number of methoxy groups -OCH3 is 1. The number of esters is 1.